The Morgan fingerprint density at radius 1 is 1.29 bits per heavy atom. The van der Waals surface area contributed by atoms with Gasteiger partial charge in [-0.25, -0.2) is 0 Å². The van der Waals surface area contributed by atoms with Crippen LogP contribution in [0.1, 0.15) is 31.2 Å². The smallest absolute Gasteiger partial charge is 0.145 e. The molecule has 0 aliphatic heterocycles. The predicted molar refractivity (Wildman–Crippen MR) is 74.6 cm³/mol. The number of carbonyl (C=O) groups excluding carboxylic acids is 1. The number of carbonyl (C=O) groups is 1. The summed E-state index contributed by atoms with van der Waals surface area (Å²) in [6.07, 6.45) is 4.66. The zero-order valence-corrected chi connectivity index (χ0v) is 11.4. The molecule has 0 heterocycles. The number of Topliss-reactive ketones (excluding diaryl/α,β-unsaturated/α-hetero) is 1. The minimum atomic E-state index is 0.341. The van der Waals surface area contributed by atoms with E-state index in [0.717, 1.165) is 29.2 Å². The van der Waals surface area contributed by atoms with Crippen molar-refractivity contribution in [3.05, 3.63) is 34.9 Å². The molecule has 0 bridgehead atoms. The molecule has 92 valence electrons. The Bertz CT molecular complexity index is 386. The summed E-state index contributed by atoms with van der Waals surface area (Å²) in [4.78, 5) is 11.9. The SMILES string of the molecule is O=C(CSCc1ccccc1Cl)C1CCCC1. The van der Waals surface area contributed by atoms with E-state index in [1.54, 1.807) is 11.8 Å². The van der Waals surface area contributed by atoms with Gasteiger partial charge in [-0.2, -0.15) is 0 Å². The van der Waals surface area contributed by atoms with Gasteiger partial charge < -0.3 is 0 Å². The lowest BCUT2D eigenvalue weighted by molar-refractivity contribution is -0.120. The van der Waals surface area contributed by atoms with Crippen molar-refractivity contribution in [3.63, 3.8) is 0 Å². The van der Waals surface area contributed by atoms with Crippen molar-refractivity contribution in [1.82, 2.24) is 0 Å². The van der Waals surface area contributed by atoms with Gasteiger partial charge in [0.15, 0.2) is 0 Å². The van der Waals surface area contributed by atoms with Crippen LogP contribution in [0.2, 0.25) is 5.02 Å². The van der Waals surface area contributed by atoms with Crippen LogP contribution < -0.4 is 0 Å². The van der Waals surface area contributed by atoms with E-state index in [9.17, 15) is 4.79 Å². The van der Waals surface area contributed by atoms with E-state index in [1.165, 1.54) is 12.8 Å². The number of rotatable bonds is 5. The zero-order valence-electron chi connectivity index (χ0n) is 9.82. The Hall–Kier alpha value is -0.470. The fourth-order valence-corrected chi connectivity index (χ4v) is 3.54. The highest BCUT2D eigenvalue weighted by molar-refractivity contribution is 7.99. The number of halogens is 1. The monoisotopic (exact) mass is 268 g/mol. The molecule has 0 radical (unpaired) electrons. The third-order valence-corrected chi connectivity index (χ3v) is 4.64. The summed E-state index contributed by atoms with van der Waals surface area (Å²) in [7, 11) is 0. The maximum Gasteiger partial charge on any atom is 0.145 e. The van der Waals surface area contributed by atoms with Crippen molar-refractivity contribution in [3.8, 4) is 0 Å². The quantitative estimate of drug-likeness (QED) is 0.791. The lowest BCUT2D eigenvalue weighted by atomic mass is 10.0. The summed E-state index contributed by atoms with van der Waals surface area (Å²) in [6.45, 7) is 0. The number of hydrogen-bond acceptors (Lipinski definition) is 2. The Labute approximate surface area is 112 Å². The first-order valence-electron chi connectivity index (χ1n) is 6.11. The summed E-state index contributed by atoms with van der Waals surface area (Å²) < 4.78 is 0. The summed E-state index contributed by atoms with van der Waals surface area (Å²) in [6, 6.07) is 7.84. The molecule has 1 saturated carbocycles. The van der Waals surface area contributed by atoms with Crippen molar-refractivity contribution >= 4 is 29.1 Å². The Balaban J connectivity index is 1.76. The highest BCUT2D eigenvalue weighted by Gasteiger charge is 2.22. The van der Waals surface area contributed by atoms with Crippen LogP contribution in [0.4, 0.5) is 0 Å². The fourth-order valence-electron chi connectivity index (χ4n) is 2.24. The lowest BCUT2D eigenvalue weighted by Crippen LogP contribution is -2.13. The number of ketones is 1. The highest BCUT2D eigenvalue weighted by Crippen LogP contribution is 2.27. The fraction of sp³-hybridized carbons (Fsp3) is 0.500. The number of thioether (sulfide) groups is 1. The molecular weight excluding hydrogens is 252 g/mol. The maximum atomic E-state index is 11.9. The van der Waals surface area contributed by atoms with Crippen LogP contribution in [0.15, 0.2) is 24.3 Å². The third kappa shape index (κ3) is 3.75. The Kier molecular flexibility index (Phi) is 4.93. The Morgan fingerprint density at radius 3 is 2.71 bits per heavy atom. The first kappa shape index (κ1) is 13.0. The van der Waals surface area contributed by atoms with E-state index in [2.05, 4.69) is 0 Å². The van der Waals surface area contributed by atoms with Crippen LogP contribution in [0.3, 0.4) is 0 Å². The molecule has 1 fully saturated rings. The van der Waals surface area contributed by atoms with Gasteiger partial charge in [0.05, 0.1) is 5.75 Å². The molecule has 1 aliphatic carbocycles. The molecule has 2 rings (SSSR count). The standard InChI is InChI=1S/C14H17ClOS/c15-13-8-4-3-7-12(13)9-17-10-14(16)11-5-1-2-6-11/h3-4,7-8,11H,1-2,5-6,9-10H2. The van der Waals surface area contributed by atoms with Gasteiger partial charge in [0.25, 0.3) is 0 Å². The normalized spacial score (nSPS) is 16.3. The number of benzene rings is 1. The average molecular weight is 269 g/mol. The molecule has 1 nitrogen and oxygen atoms in total. The van der Waals surface area contributed by atoms with E-state index in [1.807, 2.05) is 24.3 Å². The van der Waals surface area contributed by atoms with Gasteiger partial charge in [-0.15, -0.1) is 11.8 Å². The second-order valence-electron chi connectivity index (χ2n) is 4.53. The first-order valence-corrected chi connectivity index (χ1v) is 7.64. The van der Waals surface area contributed by atoms with Crippen molar-refractivity contribution in [2.24, 2.45) is 5.92 Å². The lowest BCUT2D eigenvalue weighted by Gasteiger charge is -2.08. The van der Waals surface area contributed by atoms with E-state index >= 15 is 0 Å². The molecule has 1 aromatic rings. The van der Waals surface area contributed by atoms with Gasteiger partial charge in [-0.1, -0.05) is 42.6 Å². The maximum absolute atomic E-state index is 11.9. The van der Waals surface area contributed by atoms with Crippen LogP contribution in [0, 0.1) is 5.92 Å². The van der Waals surface area contributed by atoms with Crippen molar-refractivity contribution < 1.29 is 4.79 Å². The topological polar surface area (TPSA) is 17.1 Å². The van der Waals surface area contributed by atoms with E-state index < -0.39 is 0 Å². The molecule has 0 unspecified atom stereocenters. The summed E-state index contributed by atoms with van der Waals surface area (Å²) in [5.74, 6) is 2.24. The van der Waals surface area contributed by atoms with Crippen molar-refractivity contribution in [1.29, 1.82) is 0 Å². The molecule has 3 heteroatoms. The number of hydrogen-bond donors (Lipinski definition) is 0. The molecule has 0 saturated heterocycles. The van der Waals surface area contributed by atoms with Gasteiger partial charge in [0.2, 0.25) is 0 Å². The van der Waals surface area contributed by atoms with E-state index in [-0.39, 0.29) is 0 Å². The molecule has 1 aliphatic rings. The molecule has 0 aromatic heterocycles. The largest absolute Gasteiger partial charge is 0.298 e. The van der Waals surface area contributed by atoms with Crippen LogP contribution in [-0.4, -0.2) is 11.5 Å². The van der Waals surface area contributed by atoms with Crippen LogP contribution in [0.5, 0.6) is 0 Å². The second-order valence-corrected chi connectivity index (χ2v) is 5.92. The highest BCUT2D eigenvalue weighted by atomic mass is 35.5. The van der Waals surface area contributed by atoms with Crippen LogP contribution >= 0.6 is 23.4 Å². The van der Waals surface area contributed by atoms with Gasteiger partial charge in [-0.05, 0) is 24.5 Å². The predicted octanol–water partition coefficient (Wildman–Crippen LogP) is 4.33. The molecule has 1 aromatic carbocycles. The van der Waals surface area contributed by atoms with Crippen molar-refractivity contribution in [2.75, 3.05) is 5.75 Å². The average Bonchev–Trinajstić information content (AvgIpc) is 2.85. The molecule has 0 spiro atoms. The summed E-state index contributed by atoms with van der Waals surface area (Å²) in [5, 5.41) is 0.799. The van der Waals surface area contributed by atoms with Crippen LogP contribution in [-0.2, 0) is 10.5 Å². The minimum Gasteiger partial charge on any atom is -0.298 e. The summed E-state index contributed by atoms with van der Waals surface area (Å²) in [5.41, 5.74) is 1.12. The molecule has 17 heavy (non-hydrogen) atoms. The van der Waals surface area contributed by atoms with E-state index in [0.29, 0.717) is 17.5 Å². The molecule has 0 amide bonds. The Morgan fingerprint density at radius 2 is 2.00 bits per heavy atom. The minimum absolute atomic E-state index is 0.341. The van der Waals surface area contributed by atoms with Crippen molar-refractivity contribution in [2.45, 2.75) is 31.4 Å². The molecule has 0 N–H and O–H groups in total. The van der Waals surface area contributed by atoms with Crippen LogP contribution in [0.25, 0.3) is 0 Å². The van der Waals surface area contributed by atoms with Gasteiger partial charge >= 0.3 is 0 Å². The third-order valence-electron chi connectivity index (χ3n) is 3.27. The molecular formula is C14H17ClOS. The second kappa shape index (κ2) is 6.46. The zero-order chi connectivity index (χ0) is 12.1. The first-order chi connectivity index (χ1) is 8.27. The summed E-state index contributed by atoms with van der Waals surface area (Å²) >= 11 is 7.75. The molecule has 0 atom stereocenters. The van der Waals surface area contributed by atoms with Gasteiger partial charge in [-0.3, -0.25) is 4.79 Å². The van der Waals surface area contributed by atoms with Gasteiger partial charge in [0, 0.05) is 16.7 Å². The van der Waals surface area contributed by atoms with E-state index in [4.69, 9.17) is 11.6 Å². The van der Waals surface area contributed by atoms with Gasteiger partial charge in [0.1, 0.15) is 5.78 Å².